The van der Waals surface area contributed by atoms with Crippen LogP contribution in [0.1, 0.15) is 24.7 Å². The highest BCUT2D eigenvalue weighted by molar-refractivity contribution is 7.14. The number of carbonyl (C=O) groups excluding carboxylic acids is 2. The molecule has 2 aromatic heterocycles. The van der Waals surface area contributed by atoms with Gasteiger partial charge in [0.05, 0.1) is 24.4 Å². The highest BCUT2D eigenvalue weighted by atomic mass is 32.1. The monoisotopic (exact) mass is 395 g/mol. The SMILES string of the molecule is CCc1ccc(-c2csc(NC(=O)[C@@H]3CC(=O)N(Cc4ccco4)C3)n2)cc1. The fourth-order valence-corrected chi connectivity index (χ4v) is 4.00. The van der Waals surface area contributed by atoms with Gasteiger partial charge >= 0.3 is 0 Å². The first-order valence-electron chi connectivity index (χ1n) is 9.28. The topological polar surface area (TPSA) is 75.4 Å². The van der Waals surface area contributed by atoms with Crippen molar-refractivity contribution in [1.82, 2.24) is 9.88 Å². The second-order valence-corrected chi connectivity index (χ2v) is 7.69. The van der Waals surface area contributed by atoms with Crippen LogP contribution in [0, 0.1) is 5.92 Å². The number of amides is 2. The van der Waals surface area contributed by atoms with E-state index in [-0.39, 0.29) is 24.2 Å². The van der Waals surface area contributed by atoms with Crippen LogP contribution in [0.25, 0.3) is 11.3 Å². The van der Waals surface area contributed by atoms with Crippen molar-refractivity contribution in [2.24, 2.45) is 5.92 Å². The molecule has 1 fully saturated rings. The van der Waals surface area contributed by atoms with E-state index in [0.717, 1.165) is 17.7 Å². The van der Waals surface area contributed by atoms with E-state index in [9.17, 15) is 9.59 Å². The second kappa shape index (κ2) is 7.98. The molecule has 7 heteroatoms. The fourth-order valence-electron chi connectivity index (χ4n) is 3.27. The van der Waals surface area contributed by atoms with Gasteiger partial charge in [-0.1, -0.05) is 31.2 Å². The Morgan fingerprint density at radius 1 is 1.32 bits per heavy atom. The molecule has 0 aliphatic carbocycles. The number of thiazole rings is 1. The number of furan rings is 1. The summed E-state index contributed by atoms with van der Waals surface area (Å²) in [7, 11) is 0. The number of hydrogen-bond donors (Lipinski definition) is 1. The van der Waals surface area contributed by atoms with E-state index >= 15 is 0 Å². The average molecular weight is 395 g/mol. The molecular formula is C21H21N3O3S. The molecule has 1 aliphatic rings. The van der Waals surface area contributed by atoms with E-state index in [4.69, 9.17) is 4.42 Å². The molecule has 1 atom stereocenters. The quantitative estimate of drug-likeness (QED) is 0.686. The maximum Gasteiger partial charge on any atom is 0.231 e. The number of nitrogens with zero attached hydrogens (tertiary/aromatic N) is 2. The normalized spacial score (nSPS) is 16.5. The third-order valence-corrected chi connectivity index (χ3v) is 5.66. The third-order valence-electron chi connectivity index (χ3n) is 4.90. The Morgan fingerprint density at radius 2 is 2.14 bits per heavy atom. The van der Waals surface area contributed by atoms with Gasteiger partial charge in [0.25, 0.3) is 0 Å². The van der Waals surface area contributed by atoms with Crippen LogP contribution in [0.15, 0.2) is 52.5 Å². The summed E-state index contributed by atoms with van der Waals surface area (Å²) < 4.78 is 5.29. The second-order valence-electron chi connectivity index (χ2n) is 6.83. The summed E-state index contributed by atoms with van der Waals surface area (Å²) in [6.45, 7) is 2.90. The molecule has 6 nitrogen and oxygen atoms in total. The third kappa shape index (κ3) is 3.99. The molecule has 0 bridgehead atoms. The van der Waals surface area contributed by atoms with E-state index in [1.807, 2.05) is 23.6 Å². The number of anilines is 1. The van der Waals surface area contributed by atoms with Crippen molar-refractivity contribution < 1.29 is 14.0 Å². The smallest absolute Gasteiger partial charge is 0.231 e. The number of nitrogens with one attached hydrogen (secondary N) is 1. The Labute approximate surface area is 167 Å². The molecule has 0 unspecified atom stereocenters. The van der Waals surface area contributed by atoms with E-state index in [1.54, 1.807) is 17.2 Å². The van der Waals surface area contributed by atoms with Crippen LogP contribution in [0.3, 0.4) is 0 Å². The number of aryl methyl sites for hydroxylation is 1. The lowest BCUT2D eigenvalue weighted by atomic mass is 10.1. The van der Waals surface area contributed by atoms with E-state index in [2.05, 4.69) is 29.4 Å². The van der Waals surface area contributed by atoms with Crippen LogP contribution < -0.4 is 5.32 Å². The Morgan fingerprint density at radius 3 is 2.86 bits per heavy atom. The largest absolute Gasteiger partial charge is 0.467 e. The van der Waals surface area contributed by atoms with E-state index in [0.29, 0.717) is 24.0 Å². The summed E-state index contributed by atoms with van der Waals surface area (Å²) >= 11 is 1.39. The lowest BCUT2D eigenvalue weighted by Crippen LogP contribution is -2.27. The van der Waals surface area contributed by atoms with Gasteiger partial charge in [-0.05, 0) is 24.1 Å². The van der Waals surface area contributed by atoms with Crippen LogP contribution in [0.4, 0.5) is 5.13 Å². The van der Waals surface area contributed by atoms with Crippen molar-refractivity contribution in [1.29, 1.82) is 0 Å². The number of aromatic nitrogens is 1. The number of hydrogen-bond acceptors (Lipinski definition) is 5. The minimum absolute atomic E-state index is 0.0348. The summed E-state index contributed by atoms with van der Waals surface area (Å²) in [5.74, 6) is 0.136. The average Bonchev–Trinajstić information content (AvgIpc) is 3.45. The summed E-state index contributed by atoms with van der Waals surface area (Å²) in [5.41, 5.74) is 3.14. The van der Waals surface area contributed by atoms with Gasteiger partial charge in [-0.2, -0.15) is 0 Å². The maximum absolute atomic E-state index is 12.6. The standard InChI is InChI=1S/C21H21N3O3S/c1-2-14-5-7-15(8-6-14)18-13-28-21(22-18)23-20(26)16-10-19(25)24(11-16)12-17-4-3-9-27-17/h3-9,13,16H,2,10-12H2,1H3,(H,22,23,26)/t16-/m1/s1. The fraction of sp³-hybridized carbons (Fsp3) is 0.286. The van der Waals surface area contributed by atoms with Gasteiger partial charge < -0.3 is 14.6 Å². The number of likely N-dealkylation sites (tertiary alicyclic amines) is 1. The Kier molecular flexibility index (Phi) is 5.25. The molecule has 0 radical (unpaired) electrons. The highest BCUT2D eigenvalue weighted by Crippen LogP contribution is 2.27. The Hall–Kier alpha value is -2.93. The van der Waals surface area contributed by atoms with Gasteiger partial charge in [0.15, 0.2) is 5.13 Å². The first kappa shape index (κ1) is 18.4. The lowest BCUT2D eigenvalue weighted by Gasteiger charge is -2.14. The summed E-state index contributed by atoms with van der Waals surface area (Å²) in [6.07, 6.45) is 2.79. The Bertz CT molecular complexity index is 963. The molecule has 2 amide bonds. The Balaban J connectivity index is 1.37. The zero-order valence-electron chi connectivity index (χ0n) is 15.6. The van der Waals surface area contributed by atoms with Gasteiger partial charge in [-0.3, -0.25) is 9.59 Å². The highest BCUT2D eigenvalue weighted by Gasteiger charge is 2.35. The summed E-state index contributed by atoms with van der Waals surface area (Å²) in [4.78, 5) is 31.0. The lowest BCUT2D eigenvalue weighted by molar-refractivity contribution is -0.128. The first-order valence-corrected chi connectivity index (χ1v) is 10.2. The van der Waals surface area contributed by atoms with Crippen LogP contribution >= 0.6 is 11.3 Å². The molecule has 0 saturated carbocycles. The minimum Gasteiger partial charge on any atom is -0.467 e. The van der Waals surface area contributed by atoms with Gasteiger partial charge in [-0.15, -0.1) is 11.3 Å². The summed E-state index contributed by atoms with van der Waals surface area (Å²) in [5, 5.41) is 5.35. The molecule has 4 rings (SSSR count). The van der Waals surface area contributed by atoms with E-state index < -0.39 is 0 Å². The molecule has 1 aliphatic heterocycles. The number of rotatable bonds is 6. The van der Waals surface area contributed by atoms with Crippen molar-refractivity contribution in [3.05, 3.63) is 59.4 Å². The van der Waals surface area contributed by atoms with Crippen molar-refractivity contribution in [2.75, 3.05) is 11.9 Å². The van der Waals surface area contributed by atoms with Gasteiger partial charge in [0, 0.05) is 23.9 Å². The molecular weight excluding hydrogens is 374 g/mol. The van der Waals surface area contributed by atoms with Crippen molar-refractivity contribution >= 4 is 28.3 Å². The van der Waals surface area contributed by atoms with Crippen molar-refractivity contribution in [2.45, 2.75) is 26.3 Å². The molecule has 1 saturated heterocycles. The van der Waals surface area contributed by atoms with Gasteiger partial charge in [0.2, 0.25) is 11.8 Å². The van der Waals surface area contributed by atoms with Gasteiger partial charge in [-0.25, -0.2) is 4.98 Å². The maximum atomic E-state index is 12.6. The minimum atomic E-state index is -0.376. The van der Waals surface area contributed by atoms with Crippen molar-refractivity contribution in [3.63, 3.8) is 0 Å². The van der Waals surface area contributed by atoms with Crippen molar-refractivity contribution in [3.8, 4) is 11.3 Å². The predicted molar refractivity (Wildman–Crippen MR) is 108 cm³/mol. The van der Waals surface area contributed by atoms with Gasteiger partial charge in [0.1, 0.15) is 5.76 Å². The van der Waals surface area contributed by atoms with Crippen LogP contribution in [0.2, 0.25) is 0 Å². The zero-order chi connectivity index (χ0) is 19.5. The van der Waals surface area contributed by atoms with Crippen LogP contribution in [0.5, 0.6) is 0 Å². The van der Waals surface area contributed by atoms with Crippen LogP contribution in [-0.2, 0) is 22.6 Å². The molecule has 3 heterocycles. The molecule has 1 aromatic carbocycles. The first-order chi connectivity index (χ1) is 13.6. The summed E-state index contributed by atoms with van der Waals surface area (Å²) in [6, 6.07) is 11.9. The molecule has 28 heavy (non-hydrogen) atoms. The molecule has 0 spiro atoms. The predicted octanol–water partition coefficient (Wildman–Crippen LogP) is 3.95. The molecule has 144 valence electrons. The van der Waals surface area contributed by atoms with E-state index in [1.165, 1.54) is 16.9 Å². The molecule has 3 aromatic rings. The zero-order valence-corrected chi connectivity index (χ0v) is 16.4. The number of benzene rings is 1. The number of carbonyl (C=O) groups is 2. The molecule has 1 N–H and O–H groups in total. The van der Waals surface area contributed by atoms with Crippen LogP contribution in [-0.4, -0.2) is 28.2 Å².